The van der Waals surface area contributed by atoms with E-state index in [4.69, 9.17) is 9.47 Å². The van der Waals surface area contributed by atoms with Gasteiger partial charge in [-0.2, -0.15) is 0 Å². The van der Waals surface area contributed by atoms with Crippen LogP contribution in [0.4, 0.5) is 0 Å². The number of ether oxygens (including phenoxy) is 2. The van der Waals surface area contributed by atoms with Gasteiger partial charge in [-0.05, 0) is 25.2 Å². The van der Waals surface area contributed by atoms with Crippen molar-refractivity contribution >= 4 is 5.97 Å². The minimum Gasteiger partial charge on any atom is -0.463 e. The Morgan fingerprint density at radius 2 is 1.03 bits per heavy atom. The maximum absolute atomic E-state index is 12.3. The Hall–Kier alpha value is -0.570. The van der Waals surface area contributed by atoms with Gasteiger partial charge in [0, 0.05) is 13.0 Å². The zero-order valence-electron chi connectivity index (χ0n) is 20.9. The summed E-state index contributed by atoms with van der Waals surface area (Å²) in [5.74, 6) is 0.481. The molecule has 0 aromatic carbocycles. The fourth-order valence-electron chi connectivity index (χ4n) is 3.99. The summed E-state index contributed by atoms with van der Waals surface area (Å²) < 4.78 is 10.9. The lowest BCUT2D eigenvalue weighted by atomic mass is 9.91. The van der Waals surface area contributed by atoms with Crippen LogP contribution < -0.4 is 0 Å². The normalized spacial score (nSPS) is 12.2. The van der Waals surface area contributed by atoms with Crippen LogP contribution in [0.15, 0.2) is 0 Å². The molecule has 0 heterocycles. The van der Waals surface area contributed by atoms with Gasteiger partial charge in [-0.3, -0.25) is 4.79 Å². The van der Waals surface area contributed by atoms with Gasteiger partial charge in [0.1, 0.15) is 6.61 Å². The molecule has 0 aliphatic heterocycles. The van der Waals surface area contributed by atoms with Crippen LogP contribution in [0.5, 0.6) is 0 Å². The molecule has 3 heteroatoms. The molecule has 1 unspecified atom stereocenters. The molecule has 0 aromatic rings. The van der Waals surface area contributed by atoms with E-state index in [-0.39, 0.29) is 5.97 Å². The second-order valence-corrected chi connectivity index (χ2v) is 9.08. The first-order chi connectivity index (χ1) is 14.7. The lowest BCUT2D eigenvalue weighted by molar-refractivity contribution is -0.146. The molecule has 0 aromatic heterocycles. The monoisotopic (exact) mass is 426 g/mol. The molecule has 180 valence electrons. The van der Waals surface area contributed by atoms with Crippen LogP contribution >= 0.6 is 0 Å². The van der Waals surface area contributed by atoms with E-state index in [1.54, 1.807) is 0 Å². The Labute approximate surface area is 189 Å². The summed E-state index contributed by atoms with van der Waals surface area (Å²) in [4.78, 5) is 12.3. The number of hydrogen-bond donors (Lipinski definition) is 0. The SMILES string of the molecule is CCCCCCCCCCC(CCCCCCCC)CC(=O)OCCOCCCC. The highest BCUT2D eigenvalue weighted by molar-refractivity contribution is 5.69. The highest BCUT2D eigenvalue weighted by Crippen LogP contribution is 2.22. The van der Waals surface area contributed by atoms with E-state index in [9.17, 15) is 4.79 Å². The summed E-state index contributed by atoms with van der Waals surface area (Å²) in [6, 6.07) is 0. The fraction of sp³-hybridized carbons (Fsp3) is 0.963. The highest BCUT2D eigenvalue weighted by atomic mass is 16.6. The molecule has 0 bridgehead atoms. The first-order valence-corrected chi connectivity index (χ1v) is 13.5. The number of rotatable bonds is 24. The van der Waals surface area contributed by atoms with E-state index in [0.717, 1.165) is 19.4 Å². The van der Waals surface area contributed by atoms with E-state index in [0.29, 0.717) is 25.6 Å². The minimum absolute atomic E-state index is 0.0235. The van der Waals surface area contributed by atoms with Crippen molar-refractivity contribution in [3.05, 3.63) is 0 Å². The Morgan fingerprint density at radius 1 is 0.567 bits per heavy atom. The highest BCUT2D eigenvalue weighted by Gasteiger charge is 2.15. The van der Waals surface area contributed by atoms with Gasteiger partial charge < -0.3 is 9.47 Å². The summed E-state index contributed by atoms with van der Waals surface area (Å²) in [6.45, 7) is 8.40. The molecule has 0 fully saturated rings. The second kappa shape index (κ2) is 24.7. The van der Waals surface area contributed by atoms with Crippen molar-refractivity contribution in [1.29, 1.82) is 0 Å². The molecule has 0 radical (unpaired) electrons. The van der Waals surface area contributed by atoms with Crippen molar-refractivity contribution in [2.24, 2.45) is 5.92 Å². The topological polar surface area (TPSA) is 35.5 Å². The third-order valence-electron chi connectivity index (χ3n) is 6.02. The van der Waals surface area contributed by atoms with Gasteiger partial charge in [0.25, 0.3) is 0 Å². The molecule has 3 nitrogen and oxygen atoms in total. The molecular weight excluding hydrogens is 372 g/mol. The average Bonchev–Trinajstić information content (AvgIpc) is 2.74. The third kappa shape index (κ3) is 22.1. The van der Waals surface area contributed by atoms with Crippen LogP contribution in [0, 0.1) is 5.92 Å². The summed E-state index contributed by atoms with van der Waals surface area (Å²) in [5, 5.41) is 0. The Bertz CT molecular complexity index is 343. The summed E-state index contributed by atoms with van der Waals surface area (Å²) >= 11 is 0. The van der Waals surface area contributed by atoms with Crippen molar-refractivity contribution in [1.82, 2.24) is 0 Å². The predicted octanol–water partition coefficient (Wildman–Crippen LogP) is 8.63. The van der Waals surface area contributed by atoms with Crippen LogP contribution in [0.2, 0.25) is 0 Å². The van der Waals surface area contributed by atoms with Crippen molar-refractivity contribution in [2.45, 2.75) is 143 Å². The van der Waals surface area contributed by atoms with E-state index in [1.807, 2.05) is 0 Å². The first kappa shape index (κ1) is 29.4. The van der Waals surface area contributed by atoms with Crippen LogP contribution in [-0.4, -0.2) is 25.8 Å². The van der Waals surface area contributed by atoms with Gasteiger partial charge in [-0.15, -0.1) is 0 Å². The number of esters is 1. The van der Waals surface area contributed by atoms with Crippen molar-refractivity contribution in [3.8, 4) is 0 Å². The summed E-state index contributed by atoms with van der Waals surface area (Å²) in [5.41, 5.74) is 0. The maximum Gasteiger partial charge on any atom is 0.306 e. The average molecular weight is 427 g/mol. The van der Waals surface area contributed by atoms with Crippen molar-refractivity contribution in [2.75, 3.05) is 19.8 Å². The Kier molecular flexibility index (Phi) is 24.2. The van der Waals surface area contributed by atoms with Gasteiger partial charge in [0.05, 0.1) is 6.61 Å². The smallest absolute Gasteiger partial charge is 0.306 e. The third-order valence-corrected chi connectivity index (χ3v) is 6.02. The zero-order chi connectivity index (χ0) is 22.1. The summed E-state index contributed by atoms with van der Waals surface area (Å²) in [6.07, 6.45) is 23.9. The standard InChI is InChI=1S/C27H54O3/c1-4-7-10-12-14-15-17-19-21-26(20-18-16-13-11-8-5-2)25-27(28)30-24-23-29-22-9-6-3/h26H,4-25H2,1-3H3. The zero-order valence-corrected chi connectivity index (χ0v) is 20.9. The molecule has 30 heavy (non-hydrogen) atoms. The van der Waals surface area contributed by atoms with Gasteiger partial charge >= 0.3 is 5.97 Å². The molecule has 0 aliphatic carbocycles. The lowest BCUT2D eigenvalue weighted by Crippen LogP contribution is -2.15. The van der Waals surface area contributed by atoms with Crippen LogP contribution in [0.25, 0.3) is 0 Å². The largest absolute Gasteiger partial charge is 0.463 e. The van der Waals surface area contributed by atoms with E-state index >= 15 is 0 Å². The molecule has 0 spiro atoms. The van der Waals surface area contributed by atoms with Crippen LogP contribution in [0.1, 0.15) is 143 Å². The van der Waals surface area contributed by atoms with Crippen molar-refractivity contribution in [3.63, 3.8) is 0 Å². The quantitative estimate of drug-likeness (QED) is 0.114. The van der Waals surface area contributed by atoms with Gasteiger partial charge in [0.2, 0.25) is 0 Å². The number of hydrogen-bond acceptors (Lipinski definition) is 3. The number of unbranched alkanes of at least 4 members (excludes halogenated alkanes) is 13. The number of carbonyl (C=O) groups is 1. The molecule has 0 amide bonds. The lowest BCUT2D eigenvalue weighted by Gasteiger charge is -2.16. The molecular formula is C27H54O3. The molecule has 0 N–H and O–H groups in total. The predicted molar refractivity (Wildman–Crippen MR) is 130 cm³/mol. The van der Waals surface area contributed by atoms with E-state index in [1.165, 1.54) is 103 Å². The first-order valence-electron chi connectivity index (χ1n) is 13.5. The Balaban J connectivity index is 4.00. The maximum atomic E-state index is 12.3. The van der Waals surface area contributed by atoms with Gasteiger partial charge in [-0.25, -0.2) is 0 Å². The van der Waals surface area contributed by atoms with Gasteiger partial charge in [0.15, 0.2) is 0 Å². The molecule has 0 aliphatic rings. The van der Waals surface area contributed by atoms with Crippen molar-refractivity contribution < 1.29 is 14.3 Å². The van der Waals surface area contributed by atoms with Crippen LogP contribution in [0.3, 0.4) is 0 Å². The van der Waals surface area contributed by atoms with Crippen LogP contribution in [-0.2, 0) is 14.3 Å². The summed E-state index contributed by atoms with van der Waals surface area (Å²) in [7, 11) is 0. The van der Waals surface area contributed by atoms with E-state index in [2.05, 4.69) is 20.8 Å². The Morgan fingerprint density at radius 3 is 1.53 bits per heavy atom. The fourth-order valence-corrected chi connectivity index (χ4v) is 3.99. The van der Waals surface area contributed by atoms with E-state index < -0.39 is 0 Å². The molecule has 1 atom stereocenters. The molecule has 0 saturated heterocycles. The van der Waals surface area contributed by atoms with Gasteiger partial charge in [-0.1, -0.05) is 117 Å². The number of carbonyl (C=O) groups excluding carboxylic acids is 1. The minimum atomic E-state index is -0.0235. The molecule has 0 saturated carbocycles. The second-order valence-electron chi connectivity index (χ2n) is 9.08. The molecule has 0 rings (SSSR count).